The Morgan fingerprint density at radius 1 is 1.07 bits per heavy atom. The van der Waals surface area contributed by atoms with E-state index in [9.17, 15) is 4.79 Å². The summed E-state index contributed by atoms with van der Waals surface area (Å²) in [4.78, 5) is 14.2. The summed E-state index contributed by atoms with van der Waals surface area (Å²) in [6.07, 6.45) is 6.14. The molecule has 6 heteroatoms. The fourth-order valence-corrected chi connectivity index (χ4v) is 6.70. The van der Waals surface area contributed by atoms with Crippen molar-refractivity contribution in [1.29, 1.82) is 0 Å². The maximum atomic E-state index is 12.8. The van der Waals surface area contributed by atoms with Crippen molar-refractivity contribution < 1.29 is 19.4 Å². The molecule has 1 saturated heterocycles. The number of aryl methyl sites for hydroxylation is 1. The molecule has 1 aromatic heterocycles. The van der Waals surface area contributed by atoms with Gasteiger partial charge >= 0.3 is 5.63 Å². The van der Waals surface area contributed by atoms with Crippen molar-refractivity contribution in [2.45, 2.75) is 89.9 Å². The van der Waals surface area contributed by atoms with Crippen LogP contribution in [0.4, 0.5) is 0 Å². The molecular weight excluding hydrogens is 400 g/mol. The molecule has 0 radical (unpaired) electrons. The average Bonchev–Trinajstić information content (AvgIpc) is 2.67. The summed E-state index contributed by atoms with van der Waals surface area (Å²) in [6.45, 7) is 10.7. The quantitative estimate of drug-likeness (QED) is 0.680. The van der Waals surface area contributed by atoms with Gasteiger partial charge in [0.15, 0.2) is 11.3 Å². The fraction of sp³-hybridized carbons (Fsp3) is 0.625. The Bertz CT molecular complexity index is 1060. The van der Waals surface area contributed by atoms with Gasteiger partial charge in [-0.2, -0.15) is 0 Å². The van der Waals surface area contributed by atoms with Gasteiger partial charge in [-0.3, -0.25) is 4.90 Å². The van der Waals surface area contributed by atoms with Crippen LogP contribution in [0, 0.1) is 0 Å². The summed E-state index contributed by atoms with van der Waals surface area (Å²) in [7, 11) is 0. The molecule has 30 heavy (non-hydrogen) atoms. The molecule has 3 heterocycles. The number of ether oxygens (including phenoxy) is 1. The Kier molecular flexibility index (Phi) is 4.73. The highest BCUT2D eigenvalue weighted by molar-refractivity contribution is 6.33. The fourth-order valence-electron chi connectivity index (χ4n) is 6.42. The number of nitrogens with two attached hydrogens (primary N) is 1. The van der Waals surface area contributed by atoms with E-state index < -0.39 is 0 Å². The van der Waals surface area contributed by atoms with Crippen LogP contribution in [0.5, 0.6) is 5.75 Å². The van der Waals surface area contributed by atoms with Crippen molar-refractivity contribution in [3.05, 3.63) is 38.2 Å². The molecule has 3 N–H and O–H groups in total. The zero-order valence-corrected chi connectivity index (χ0v) is 19.2. The van der Waals surface area contributed by atoms with Gasteiger partial charge in [-0.15, -0.1) is 0 Å². The lowest BCUT2D eigenvalue weighted by molar-refractivity contribution is -0.969. The lowest BCUT2D eigenvalue weighted by Gasteiger charge is -2.45. The molecule has 1 aromatic carbocycles. The summed E-state index contributed by atoms with van der Waals surface area (Å²) in [5.74, 6) is 0.702. The summed E-state index contributed by atoms with van der Waals surface area (Å²) < 4.78 is 12.1. The minimum absolute atomic E-state index is 0.177. The molecule has 1 aliphatic carbocycles. The van der Waals surface area contributed by atoms with E-state index in [1.54, 1.807) is 0 Å². The van der Waals surface area contributed by atoms with Gasteiger partial charge in [0.1, 0.15) is 12.6 Å². The SMILES string of the molecule is CC1(C)CC([NH+]2COc3c(Cl)cc4c5c(c(=O)oc4c3C2)CCCC5)CC(C)(C)[NH2+]1. The maximum absolute atomic E-state index is 12.8. The van der Waals surface area contributed by atoms with Crippen molar-refractivity contribution in [2.75, 3.05) is 6.73 Å². The highest BCUT2D eigenvalue weighted by Crippen LogP contribution is 2.39. The zero-order chi connectivity index (χ0) is 21.3. The van der Waals surface area contributed by atoms with E-state index in [2.05, 4.69) is 33.0 Å². The number of hydrogen-bond acceptors (Lipinski definition) is 3. The van der Waals surface area contributed by atoms with Gasteiger partial charge in [-0.25, -0.2) is 4.79 Å². The van der Waals surface area contributed by atoms with Gasteiger partial charge in [-0.05, 0) is 65.0 Å². The van der Waals surface area contributed by atoms with Gasteiger partial charge in [0.2, 0.25) is 6.73 Å². The first-order valence-corrected chi connectivity index (χ1v) is 11.7. The monoisotopic (exact) mass is 432 g/mol. The third-order valence-electron chi connectivity index (χ3n) is 7.22. The van der Waals surface area contributed by atoms with Crippen LogP contribution in [0.2, 0.25) is 5.02 Å². The predicted octanol–water partition coefficient (Wildman–Crippen LogP) is 2.34. The second-order valence-electron chi connectivity index (χ2n) is 10.9. The number of halogens is 1. The molecule has 1 unspecified atom stereocenters. The topological polar surface area (TPSA) is 60.5 Å². The molecule has 2 aromatic rings. The molecule has 0 saturated carbocycles. The van der Waals surface area contributed by atoms with E-state index >= 15 is 0 Å². The number of piperidine rings is 1. The third-order valence-corrected chi connectivity index (χ3v) is 7.51. The van der Waals surface area contributed by atoms with E-state index in [0.29, 0.717) is 29.1 Å². The van der Waals surface area contributed by atoms with Crippen LogP contribution in [0.1, 0.15) is 70.1 Å². The molecule has 1 fully saturated rings. The van der Waals surface area contributed by atoms with Crippen LogP contribution < -0.4 is 20.6 Å². The molecule has 2 aliphatic heterocycles. The second kappa shape index (κ2) is 6.98. The molecule has 0 amide bonds. The van der Waals surface area contributed by atoms with Gasteiger partial charge in [0.05, 0.1) is 34.5 Å². The minimum atomic E-state index is -0.177. The van der Waals surface area contributed by atoms with Crippen molar-refractivity contribution in [3.63, 3.8) is 0 Å². The Labute approximate surface area is 182 Å². The van der Waals surface area contributed by atoms with Crippen LogP contribution in [0.3, 0.4) is 0 Å². The van der Waals surface area contributed by atoms with Crippen LogP contribution in [0.25, 0.3) is 11.0 Å². The Morgan fingerprint density at radius 2 is 1.73 bits per heavy atom. The first kappa shape index (κ1) is 20.3. The molecule has 0 bridgehead atoms. The van der Waals surface area contributed by atoms with Crippen molar-refractivity contribution >= 4 is 22.6 Å². The van der Waals surface area contributed by atoms with E-state index in [0.717, 1.165) is 67.1 Å². The standard InChI is InChI=1S/C24H31ClN2O3/c1-23(2)10-14(11-24(3,4)26-23)27-12-18-20-17(9-19(25)21(18)29-13-27)15-7-5-6-8-16(15)22(28)30-20/h9,14,26H,5-8,10-13H2,1-4H3/p+2. The van der Waals surface area contributed by atoms with Gasteiger partial charge in [0, 0.05) is 10.9 Å². The summed E-state index contributed by atoms with van der Waals surface area (Å²) in [5.41, 5.74) is 3.86. The van der Waals surface area contributed by atoms with Crippen molar-refractivity contribution in [3.8, 4) is 5.75 Å². The molecular formula is C24H33ClN2O3+2. The first-order chi connectivity index (χ1) is 14.1. The summed E-state index contributed by atoms with van der Waals surface area (Å²) >= 11 is 6.67. The highest BCUT2D eigenvalue weighted by atomic mass is 35.5. The second-order valence-corrected chi connectivity index (χ2v) is 11.4. The number of rotatable bonds is 1. The van der Waals surface area contributed by atoms with E-state index in [-0.39, 0.29) is 16.7 Å². The molecule has 5 nitrogen and oxygen atoms in total. The van der Waals surface area contributed by atoms with E-state index in [1.165, 1.54) is 4.90 Å². The predicted molar refractivity (Wildman–Crippen MR) is 117 cm³/mol. The van der Waals surface area contributed by atoms with Crippen molar-refractivity contribution in [1.82, 2.24) is 0 Å². The van der Waals surface area contributed by atoms with Gasteiger partial charge < -0.3 is 14.5 Å². The third kappa shape index (κ3) is 3.45. The number of benzene rings is 1. The maximum Gasteiger partial charge on any atom is 0.339 e. The number of nitrogens with one attached hydrogen (secondary N) is 1. The Balaban J connectivity index is 1.58. The smallest absolute Gasteiger partial charge is 0.339 e. The molecule has 5 rings (SSSR count). The lowest BCUT2D eigenvalue weighted by atomic mass is 9.79. The first-order valence-electron chi connectivity index (χ1n) is 11.3. The van der Waals surface area contributed by atoms with Crippen LogP contribution in [0.15, 0.2) is 15.3 Å². The Morgan fingerprint density at radius 3 is 2.43 bits per heavy atom. The van der Waals surface area contributed by atoms with Crippen molar-refractivity contribution in [2.24, 2.45) is 0 Å². The number of quaternary nitrogens is 2. The van der Waals surface area contributed by atoms with Crippen LogP contribution in [-0.4, -0.2) is 23.9 Å². The summed E-state index contributed by atoms with van der Waals surface area (Å²) in [6, 6.07) is 2.45. The van der Waals surface area contributed by atoms with Crippen LogP contribution >= 0.6 is 11.6 Å². The summed E-state index contributed by atoms with van der Waals surface area (Å²) in [5, 5.41) is 4.15. The zero-order valence-electron chi connectivity index (χ0n) is 18.5. The lowest BCUT2D eigenvalue weighted by Crippen LogP contribution is -3.20. The van der Waals surface area contributed by atoms with E-state index in [4.69, 9.17) is 20.8 Å². The number of hydrogen-bond donors (Lipinski definition) is 2. The molecule has 3 aliphatic rings. The minimum Gasteiger partial charge on any atom is -0.443 e. The van der Waals surface area contributed by atoms with E-state index in [1.807, 2.05) is 6.07 Å². The number of fused-ring (bicyclic) bond motifs is 5. The normalized spacial score (nSPS) is 25.4. The molecule has 1 atom stereocenters. The largest absolute Gasteiger partial charge is 0.443 e. The van der Waals surface area contributed by atoms with Crippen LogP contribution in [-0.2, 0) is 19.4 Å². The molecule has 0 spiro atoms. The Hall–Kier alpha value is -1.56. The van der Waals surface area contributed by atoms with Gasteiger partial charge in [0.25, 0.3) is 0 Å². The average molecular weight is 433 g/mol. The highest BCUT2D eigenvalue weighted by Gasteiger charge is 2.47. The van der Waals surface area contributed by atoms with Gasteiger partial charge in [-0.1, -0.05) is 11.6 Å². The molecule has 162 valence electrons.